The third-order valence-electron chi connectivity index (χ3n) is 3.10. The summed E-state index contributed by atoms with van der Waals surface area (Å²) in [5.74, 6) is 0.322. The highest BCUT2D eigenvalue weighted by molar-refractivity contribution is 8.06. The molecule has 1 atom stereocenters. The summed E-state index contributed by atoms with van der Waals surface area (Å²) in [6.45, 7) is 0. The molecule has 2 aromatic rings. The number of hydrogen-bond donors (Lipinski definition) is 0. The van der Waals surface area contributed by atoms with Crippen molar-refractivity contribution in [2.24, 2.45) is 0 Å². The van der Waals surface area contributed by atoms with Gasteiger partial charge in [0.2, 0.25) is 0 Å². The molecule has 20 heavy (non-hydrogen) atoms. The Morgan fingerprint density at radius 3 is 2.40 bits per heavy atom. The maximum absolute atomic E-state index is 4.33. The second-order valence-corrected chi connectivity index (χ2v) is 5.45. The lowest BCUT2D eigenvalue weighted by Crippen LogP contribution is -1.92. The number of benzene rings is 2. The molecule has 1 nitrogen and oxygen atoms in total. The van der Waals surface area contributed by atoms with Gasteiger partial charge in [-0.25, -0.2) is 0 Å². The van der Waals surface area contributed by atoms with Crippen LogP contribution >= 0.6 is 11.8 Å². The molecule has 0 bridgehead atoms. The van der Waals surface area contributed by atoms with Gasteiger partial charge in [-0.15, -0.1) is 0 Å². The van der Waals surface area contributed by atoms with E-state index >= 15 is 0 Å². The van der Waals surface area contributed by atoms with Crippen LogP contribution in [0.2, 0.25) is 0 Å². The van der Waals surface area contributed by atoms with Gasteiger partial charge in [-0.1, -0.05) is 66.4 Å². The Morgan fingerprint density at radius 1 is 0.950 bits per heavy atom. The summed E-state index contributed by atoms with van der Waals surface area (Å²) >= 11 is 1.73. The van der Waals surface area contributed by atoms with E-state index in [1.807, 2.05) is 42.6 Å². The number of thioether (sulfide) groups is 1. The molecular weight excluding hydrogens is 262 g/mol. The van der Waals surface area contributed by atoms with E-state index in [4.69, 9.17) is 0 Å². The van der Waals surface area contributed by atoms with Crippen molar-refractivity contribution in [3.63, 3.8) is 0 Å². The van der Waals surface area contributed by atoms with Crippen molar-refractivity contribution in [3.8, 4) is 6.07 Å². The fourth-order valence-electron chi connectivity index (χ4n) is 2.09. The summed E-state index contributed by atoms with van der Waals surface area (Å²) in [5.41, 5.74) is 2.30. The van der Waals surface area contributed by atoms with Gasteiger partial charge in [-0.05, 0) is 27.9 Å². The van der Waals surface area contributed by atoms with E-state index in [2.05, 4.69) is 46.7 Å². The molecule has 1 aliphatic rings. The van der Waals surface area contributed by atoms with Gasteiger partial charge in [0.15, 0.2) is 0 Å². The van der Waals surface area contributed by atoms with Crippen molar-refractivity contribution in [1.82, 2.24) is 0 Å². The monoisotopic (exact) mass is 276 g/mol. The minimum absolute atomic E-state index is 0.322. The fraction of sp³-hybridized carbons (Fsp3) is 0.0556. The first kappa shape index (κ1) is 12.8. The van der Waals surface area contributed by atoms with Crippen LogP contribution < -0.4 is 0 Å². The van der Waals surface area contributed by atoms with Crippen LogP contribution in [-0.4, -0.2) is 0 Å². The molecule has 1 aliphatic heterocycles. The lowest BCUT2D eigenvalue weighted by atomic mass is 9.99. The van der Waals surface area contributed by atoms with Crippen molar-refractivity contribution in [3.05, 3.63) is 99.2 Å². The zero-order chi connectivity index (χ0) is 13.6. The SMILES string of the molecule is C(#[N+]/C=C1/SC=CC1c1ccccc1)c1ccccc1. The van der Waals surface area contributed by atoms with Crippen LogP contribution in [0.15, 0.2) is 83.3 Å². The third kappa shape index (κ3) is 3.01. The molecule has 0 aliphatic carbocycles. The van der Waals surface area contributed by atoms with Crippen LogP contribution in [0.4, 0.5) is 0 Å². The molecule has 0 aromatic heterocycles. The summed E-state index contributed by atoms with van der Waals surface area (Å²) in [5, 5.41) is 2.13. The molecule has 0 amide bonds. The minimum Gasteiger partial charge on any atom is -0.0943 e. The van der Waals surface area contributed by atoms with E-state index in [-0.39, 0.29) is 0 Å². The minimum atomic E-state index is 0.322. The van der Waals surface area contributed by atoms with Gasteiger partial charge in [-0.3, -0.25) is 0 Å². The molecule has 2 aromatic carbocycles. The topological polar surface area (TPSA) is 4.36 Å². The average molecular weight is 276 g/mol. The first-order valence-corrected chi connectivity index (χ1v) is 7.41. The molecule has 0 spiro atoms. The molecule has 2 heteroatoms. The van der Waals surface area contributed by atoms with Crippen LogP contribution in [0.1, 0.15) is 17.0 Å². The van der Waals surface area contributed by atoms with Gasteiger partial charge in [0.1, 0.15) is 5.56 Å². The fourth-order valence-corrected chi connectivity index (χ4v) is 2.96. The third-order valence-corrected chi connectivity index (χ3v) is 4.02. The highest BCUT2D eigenvalue weighted by Gasteiger charge is 2.21. The molecule has 0 saturated heterocycles. The Bertz CT molecular complexity index is 690. The maximum Gasteiger partial charge on any atom is 0.319 e. The summed E-state index contributed by atoms with van der Waals surface area (Å²) in [6, 6.07) is 23.5. The normalized spacial score (nSPS) is 18.8. The summed E-state index contributed by atoms with van der Waals surface area (Å²) in [4.78, 5) is 5.56. The molecule has 0 fully saturated rings. The molecular formula is C18H14NS+. The van der Waals surface area contributed by atoms with Crippen molar-refractivity contribution in [1.29, 1.82) is 0 Å². The van der Waals surface area contributed by atoms with Crippen LogP contribution in [0, 0.1) is 6.07 Å². The van der Waals surface area contributed by atoms with Crippen LogP contribution in [0.5, 0.6) is 0 Å². The van der Waals surface area contributed by atoms with E-state index in [1.54, 1.807) is 11.8 Å². The van der Waals surface area contributed by atoms with E-state index in [0.29, 0.717) is 5.92 Å². The average Bonchev–Trinajstić information content (AvgIpc) is 2.98. The lowest BCUT2D eigenvalue weighted by molar-refractivity contribution is 1.08. The Hall–Kier alpha value is -2.24. The van der Waals surface area contributed by atoms with Gasteiger partial charge in [-0.2, -0.15) is 0 Å². The molecule has 0 saturated carbocycles. The summed E-state index contributed by atoms with van der Waals surface area (Å²) < 4.78 is 0. The van der Waals surface area contributed by atoms with Gasteiger partial charge in [0.05, 0.1) is 4.91 Å². The predicted molar refractivity (Wildman–Crippen MR) is 86.8 cm³/mol. The van der Waals surface area contributed by atoms with E-state index in [1.165, 1.54) is 10.5 Å². The Morgan fingerprint density at radius 2 is 1.65 bits per heavy atom. The highest BCUT2D eigenvalue weighted by Crippen LogP contribution is 2.40. The zero-order valence-corrected chi connectivity index (χ0v) is 11.8. The maximum atomic E-state index is 4.33. The molecule has 0 radical (unpaired) electrons. The van der Waals surface area contributed by atoms with Gasteiger partial charge in [0.25, 0.3) is 0 Å². The van der Waals surface area contributed by atoms with E-state index < -0.39 is 0 Å². The molecule has 0 N–H and O–H groups in total. The van der Waals surface area contributed by atoms with Crippen molar-refractivity contribution < 1.29 is 0 Å². The Balaban J connectivity index is 1.81. The van der Waals surface area contributed by atoms with Gasteiger partial charge >= 0.3 is 12.3 Å². The largest absolute Gasteiger partial charge is 0.319 e. The molecule has 96 valence electrons. The highest BCUT2D eigenvalue weighted by atomic mass is 32.2. The summed E-state index contributed by atoms with van der Waals surface area (Å²) in [7, 11) is 0. The quantitative estimate of drug-likeness (QED) is 0.688. The van der Waals surface area contributed by atoms with Gasteiger partial charge < -0.3 is 0 Å². The van der Waals surface area contributed by atoms with Crippen molar-refractivity contribution in [2.45, 2.75) is 5.92 Å². The zero-order valence-electron chi connectivity index (χ0n) is 10.9. The molecule has 1 unspecified atom stereocenters. The number of nitrogens with zero attached hydrogens (tertiary/aromatic N) is 1. The predicted octanol–water partition coefficient (Wildman–Crippen LogP) is 5.25. The summed E-state index contributed by atoms with van der Waals surface area (Å²) in [6.07, 6.45) is 4.12. The number of hydrogen-bond acceptors (Lipinski definition) is 1. The van der Waals surface area contributed by atoms with E-state index in [0.717, 1.165) is 5.56 Å². The van der Waals surface area contributed by atoms with Crippen molar-refractivity contribution >= 4 is 11.8 Å². The van der Waals surface area contributed by atoms with Crippen molar-refractivity contribution in [2.75, 3.05) is 0 Å². The smallest absolute Gasteiger partial charge is 0.0943 e. The lowest BCUT2D eigenvalue weighted by Gasteiger charge is -2.06. The van der Waals surface area contributed by atoms with Crippen LogP contribution in [-0.2, 0) is 0 Å². The Labute approximate surface area is 123 Å². The van der Waals surface area contributed by atoms with Crippen LogP contribution in [0.25, 0.3) is 4.85 Å². The first-order valence-electron chi connectivity index (χ1n) is 6.53. The number of allylic oxidation sites excluding steroid dienone is 2. The van der Waals surface area contributed by atoms with Gasteiger partial charge in [0, 0.05) is 5.92 Å². The molecule has 3 rings (SSSR count). The Kier molecular flexibility index (Phi) is 4.01. The second-order valence-electron chi connectivity index (χ2n) is 4.47. The first-order chi connectivity index (χ1) is 9.93. The second kappa shape index (κ2) is 6.27. The van der Waals surface area contributed by atoms with Crippen LogP contribution in [0.3, 0.4) is 0 Å². The molecule has 1 heterocycles. The number of rotatable bonds is 1. The standard InChI is InChI=1S/C18H14NS/c1-3-7-15(8-4-1)13-19-14-18-17(11-12-20-18)16-9-5-2-6-10-16/h1-12,14,17H/q+1/b18-14+. The van der Waals surface area contributed by atoms with E-state index in [9.17, 15) is 0 Å².